The van der Waals surface area contributed by atoms with Gasteiger partial charge in [0.25, 0.3) is 0 Å². The van der Waals surface area contributed by atoms with Gasteiger partial charge in [0.1, 0.15) is 5.54 Å². The molecule has 84 valence electrons. The number of carbonyl (C=O) groups excluding carboxylic acids is 1. The summed E-state index contributed by atoms with van der Waals surface area (Å²) in [7, 11) is 3.24. The number of likely N-dealkylation sites (N-methyl/N-ethyl adjacent to an activating group) is 1. The van der Waals surface area contributed by atoms with E-state index < -0.39 is 11.5 Å². The van der Waals surface area contributed by atoms with Crippen molar-refractivity contribution >= 4 is 5.97 Å². The van der Waals surface area contributed by atoms with Crippen LogP contribution in [0.1, 0.15) is 13.3 Å². The highest BCUT2D eigenvalue weighted by Crippen LogP contribution is 2.21. The molecule has 1 aliphatic carbocycles. The molecule has 0 aliphatic heterocycles. The lowest BCUT2D eigenvalue weighted by atomic mass is 9.88. The van der Waals surface area contributed by atoms with E-state index in [9.17, 15) is 4.79 Å². The molecule has 0 spiro atoms. The van der Waals surface area contributed by atoms with Crippen LogP contribution in [0.5, 0.6) is 0 Å². The summed E-state index contributed by atoms with van der Waals surface area (Å²) in [6, 6.07) is 0.267. The molecule has 1 aliphatic rings. The van der Waals surface area contributed by atoms with Crippen molar-refractivity contribution in [3.63, 3.8) is 0 Å². The van der Waals surface area contributed by atoms with Crippen LogP contribution in [-0.2, 0) is 9.53 Å². The number of nitrogens with one attached hydrogen (secondary N) is 1. The molecule has 0 bridgehead atoms. The number of carbonyl (C=O) groups is 1. The van der Waals surface area contributed by atoms with Crippen molar-refractivity contribution in [2.45, 2.75) is 24.9 Å². The van der Waals surface area contributed by atoms with Crippen molar-refractivity contribution in [1.29, 1.82) is 0 Å². The van der Waals surface area contributed by atoms with E-state index in [0.717, 1.165) is 5.57 Å². The normalized spacial score (nSPS) is 27.1. The van der Waals surface area contributed by atoms with Crippen molar-refractivity contribution in [3.05, 3.63) is 23.8 Å². The number of esters is 1. The van der Waals surface area contributed by atoms with Gasteiger partial charge in [-0.3, -0.25) is 0 Å². The highest BCUT2D eigenvalue weighted by Gasteiger charge is 2.33. The van der Waals surface area contributed by atoms with Gasteiger partial charge in [0.15, 0.2) is 0 Å². The zero-order valence-electron chi connectivity index (χ0n) is 9.41. The quantitative estimate of drug-likeness (QED) is 0.660. The Morgan fingerprint density at radius 3 is 2.80 bits per heavy atom. The number of ether oxygens (including phenoxy) is 1. The molecule has 15 heavy (non-hydrogen) atoms. The number of nitrogens with two attached hydrogens (primary N) is 1. The molecule has 0 saturated carbocycles. The van der Waals surface area contributed by atoms with Gasteiger partial charge in [-0.05, 0) is 26.0 Å². The largest absolute Gasteiger partial charge is 0.467 e. The summed E-state index contributed by atoms with van der Waals surface area (Å²) in [4.78, 5) is 11.4. The summed E-state index contributed by atoms with van der Waals surface area (Å²) in [6.07, 6.45) is 6.04. The van der Waals surface area contributed by atoms with Gasteiger partial charge in [-0.2, -0.15) is 0 Å². The van der Waals surface area contributed by atoms with Crippen LogP contribution in [0.15, 0.2) is 23.8 Å². The predicted octanol–water partition coefficient (Wildman–Crippen LogP) is 0.351. The van der Waals surface area contributed by atoms with Crippen molar-refractivity contribution in [1.82, 2.24) is 5.32 Å². The van der Waals surface area contributed by atoms with Crippen molar-refractivity contribution < 1.29 is 9.53 Å². The smallest absolute Gasteiger partial charge is 0.330 e. The Kier molecular flexibility index (Phi) is 3.66. The summed E-state index contributed by atoms with van der Waals surface area (Å²) in [5.41, 5.74) is 6.04. The Balaban J connectivity index is 2.74. The monoisotopic (exact) mass is 210 g/mol. The average molecular weight is 210 g/mol. The van der Waals surface area contributed by atoms with Crippen LogP contribution < -0.4 is 11.1 Å². The zero-order valence-corrected chi connectivity index (χ0v) is 9.41. The van der Waals surface area contributed by atoms with E-state index in [0.29, 0.717) is 6.42 Å². The minimum absolute atomic E-state index is 0.267. The minimum Gasteiger partial charge on any atom is -0.467 e. The fourth-order valence-electron chi connectivity index (χ4n) is 1.50. The molecule has 0 heterocycles. The molecule has 0 aromatic carbocycles. The summed E-state index contributed by atoms with van der Waals surface area (Å²) in [5.74, 6) is -0.397. The molecular formula is C11H18N2O2. The topological polar surface area (TPSA) is 64.3 Å². The third-order valence-corrected chi connectivity index (χ3v) is 2.75. The van der Waals surface area contributed by atoms with Gasteiger partial charge >= 0.3 is 5.97 Å². The third-order valence-electron chi connectivity index (χ3n) is 2.75. The molecule has 0 fully saturated rings. The van der Waals surface area contributed by atoms with E-state index in [-0.39, 0.29) is 6.04 Å². The minimum atomic E-state index is -0.994. The van der Waals surface area contributed by atoms with E-state index in [4.69, 9.17) is 5.73 Å². The van der Waals surface area contributed by atoms with Crippen molar-refractivity contribution in [2.75, 3.05) is 14.2 Å². The third kappa shape index (κ3) is 2.46. The summed E-state index contributed by atoms with van der Waals surface area (Å²) >= 11 is 0. The van der Waals surface area contributed by atoms with Crippen LogP contribution in [0.2, 0.25) is 0 Å². The summed E-state index contributed by atoms with van der Waals surface area (Å²) in [5, 5.41) is 3.13. The van der Waals surface area contributed by atoms with Crippen LogP contribution in [0.4, 0.5) is 0 Å². The molecule has 2 atom stereocenters. The van der Waals surface area contributed by atoms with Crippen LogP contribution in [0.25, 0.3) is 0 Å². The number of methoxy groups -OCH3 is 1. The lowest BCUT2D eigenvalue weighted by molar-refractivity contribution is -0.145. The van der Waals surface area contributed by atoms with Gasteiger partial charge in [-0.1, -0.05) is 18.2 Å². The molecule has 4 heteroatoms. The Morgan fingerprint density at radius 2 is 2.40 bits per heavy atom. The Hall–Kier alpha value is -1.13. The maximum atomic E-state index is 11.4. The van der Waals surface area contributed by atoms with Crippen LogP contribution in [0, 0.1) is 0 Å². The Labute approximate surface area is 90.2 Å². The first-order valence-electron chi connectivity index (χ1n) is 4.97. The molecule has 0 aromatic rings. The number of hydrogen-bond acceptors (Lipinski definition) is 4. The maximum absolute atomic E-state index is 11.4. The van der Waals surface area contributed by atoms with E-state index in [1.54, 1.807) is 6.08 Å². The van der Waals surface area contributed by atoms with Crippen LogP contribution >= 0.6 is 0 Å². The summed E-state index contributed by atoms with van der Waals surface area (Å²) < 4.78 is 4.65. The molecule has 3 N–H and O–H groups in total. The molecule has 0 amide bonds. The molecule has 0 aromatic heterocycles. The average Bonchev–Trinajstić information content (AvgIpc) is 2.28. The molecule has 0 saturated heterocycles. The number of hydrogen-bond donors (Lipinski definition) is 2. The first kappa shape index (κ1) is 11.9. The maximum Gasteiger partial charge on any atom is 0.330 e. The molecule has 1 rings (SSSR count). The lowest BCUT2D eigenvalue weighted by Gasteiger charge is -2.26. The number of rotatable bonds is 3. The zero-order chi connectivity index (χ0) is 11.5. The Bertz CT molecular complexity index is 310. The second-order valence-electron chi connectivity index (χ2n) is 3.78. The fourth-order valence-corrected chi connectivity index (χ4v) is 1.50. The molecule has 4 nitrogen and oxygen atoms in total. The summed E-state index contributed by atoms with van der Waals surface area (Å²) in [6.45, 7) is 2.05. The molecular weight excluding hydrogens is 192 g/mol. The van der Waals surface area contributed by atoms with Crippen molar-refractivity contribution in [3.8, 4) is 0 Å². The van der Waals surface area contributed by atoms with Gasteiger partial charge < -0.3 is 15.8 Å². The fraction of sp³-hybridized carbons (Fsp3) is 0.545. The van der Waals surface area contributed by atoms with E-state index in [1.807, 2.05) is 19.2 Å². The van der Waals surface area contributed by atoms with Gasteiger partial charge in [0.2, 0.25) is 0 Å². The van der Waals surface area contributed by atoms with E-state index in [1.165, 1.54) is 7.11 Å². The van der Waals surface area contributed by atoms with E-state index >= 15 is 0 Å². The van der Waals surface area contributed by atoms with Gasteiger partial charge in [0.05, 0.1) is 7.11 Å². The predicted molar refractivity (Wildman–Crippen MR) is 59.3 cm³/mol. The van der Waals surface area contributed by atoms with Gasteiger partial charge in [0, 0.05) is 6.04 Å². The second kappa shape index (κ2) is 4.59. The van der Waals surface area contributed by atoms with Crippen LogP contribution in [-0.4, -0.2) is 31.7 Å². The highest BCUT2D eigenvalue weighted by molar-refractivity contribution is 5.84. The standard InChI is InChI=1S/C11H18N2O2/c1-8(13-2)9-4-6-11(12,7-5-9)10(14)15-3/h4-6,8,13H,7,12H2,1-3H3. The first-order chi connectivity index (χ1) is 7.03. The Morgan fingerprint density at radius 1 is 1.73 bits per heavy atom. The lowest BCUT2D eigenvalue weighted by Crippen LogP contribution is -2.47. The molecule has 2 unspecified atom stereocenters. The van der Waals surface area contributed by atoms with E-state index in [2.05, 4.69) is 17.0 Å². The van der Waals surface area contributed by atoms with Crippen LogP contribution in [0.3, 0.4) is 0 Å². The van der Waals surface area contributed by atoms with Gasteiger partial charge in [-0.25, -0.2) is 4.79 Å². The first-order valence-corrected chi connectivity index (χ1v) is 4.97. The van der Waals surface area contributed by atoms with Gasteiger partial charge in [-0.15, -0.1) is 0 Å². The SMILES string of the molecule is CNC(C)C1=CCC(N)(C(=O)OC)C=C1. The van der Waals surface area contributed by atoms with Crippen molar-refractivity contribution in [2.24, 2.45) is 5.73 Å². The second-order valence-corrected chi connectivity index (χ2v) is 3.78. The molecule has 0 radical (unpaired) electrons. The highest BCUT2D eigenvalue weighted by atomic mass is 16.5.